The number of phosphoric acid groups is 1. The van der Waals surface area contributed by atoms with Gasteiger partial charge in [-0.25, -0.2) is 4.57 Å². The number of rotatable bonds is 36. The molecule has 0 aromatic rings. The summed E-state index contributed by atoms with van der Waals surface area (Å²) in [6.45, 7) is 4.18. The standard InChI is InChI=1S/C42H79O12P/c1-3-5-7-9-11-13-15-16-17-18-19-20-22-24-26-28-30-32-51-33-35(53-36(43)31-29-27-25-23-21-14-12-10-8-6-4-2)34-52-55(49,50)54-42-40(47)38(45)37(44)39(46)41(42)48/h10,12,17-18,35,37-42,44-48H,3-9,11,13-16,19-34H2,1-2H3,(H,49,50)/b12-10-,18-17-. The van der Waals surface area contributed by atoms with E-state index in [4.69, 9.17) is 18.5 Å². The maximum atomic E-state index is 12.8. The third kappa shape index (κ3) is 26.4. The summed E-state index contributed by atoms with van der Waals surface area (Å²) in [5.41, 5.74) is 0. The van der Waals surface area contributed by atoms with Gasteiger partial charge in [-0.05, 0) is 57.8 Å². The summed E-state index contributed by atoms with van der Waals surface area (Å²) >= 11 is 0. The Morgan fingerprint density at radius 3 is 1.49 bits per heavy atom. The van der Waals surface area contributed by atoms with Gasteiger partial charge in [0.1, 0.15) is 42.7 Å². The molecule has 6 N–H and O–H groups in total. The third-order valence-electron chi connectivity index (χ3n) is 10.0. The van der Waals surface area contributed by atoms with Gasteiger partial charge in [-0.3, -0.25) is 13.8 Å². The second-order valence-electron chi connectivity index (χ2n) is 15.2. The summed E-state index contributed by atoms with van der Waals surface area (Å²) in [5, 5.41) is 50.0. The molecule has 0 aromatic heterocycles. The Balaban J connectivity index is 2.41. The number of aliphatic hydroxyl groups excluding tert-OH is 5. The van der Waals surface area contributed by atoms with Crippen molar-refractivity contribution >= 4 is 13.8 Å². The highest BCUT2D eigenvalue weighted by Gasteiger charge is 2.51. The number of aliphatic hydroxyl groups is 5. The Hall–Kier alpha value is -1.18. The van der Waals surface area contributed by atoms with Crippen molar-refractivity contribution in [1.82, 2.24) is 0 Å². The molecule has 0 saturated heterocycles. The molecule has 13 heteroatoms. The number of allylic oxidation sites excluding steroid dienone is 4. The lowest BCUT2D eigenvalue weighted by Gasteiger charge is -2.41. The molecular weight excluding hydrogens is 727 g/mol. The number of carbonyl (C=O) groups is 1. The van der Waals surface area contributed by atoms with Gasteiger partial charge in [-0.15, -0.1) is 0 Å². The van der Waals surface area contributed by atoms with Crippen LogP contribution in [0.1, 0.15) is 174 Å². The van der Waals surface area contributed by atoms with Crippen molar-refractivity contribution < 1.29 is 58.3 Å². The largest absolute Gasteiger partial charge is 0.472 e. The van der Waals surface area contributed by atoms with Crippen molar-refractivity contribution in [3.63, 3.8) is 0 Å². The monoisotopic (exact) mass is 807 g/mol. The van der Waals surface area contributed by atoms with Gasteiger partial charge in [0.2, 0.25) is 0 Å². The van der Waals surface area contributed by atoms with E-state index >= 15 is 0 Å². The molecule has 1 saturated carbocycles. The molecule has 324 valence electrons. The lowest BCUT2D eigenvalue weighted by molar-refractivity contribution is -0.220. The van der Waals surface area contributed by atoms with Gasteiger partial charge in [0.15, 0.2) is 0 Å². The number of esters is 1. The zero-order chi connectivity index (χ0) is 40.6. The molecule has 6 unspecified atom stereocenters. The maximum absolute atomic E-state index is 12.8. The number of unbranched alkanes of at least 4 members (excludes halogenated alkanes) is 20. The van der Waals surface area contributed by atoms with Crippen molar-refractivity contribution in [3.8, 4) is 0 Å². The van der Waals surface area contributed by atoms with Crippen LogP contribution in [0, 0.1) is 0 Å². The topological polar surface area (TPSA) is 192 Å². The quantitative estimate of drug-likeness (QED) is 0.0154. The zero-order valence-corrected chi connectivity index (χ0v) is 35.1. The molecule has 6 atom stereocenters. The molecule has 0 aromatic carbocycles. The summed E-state index contributed by atoms with van der Waals surface area (Å²) in [6, 6.07) is 0. The van der Waals surface area contributed by atoms with E-state index in [0.717, 1.165) is 70.6 Å². The molecule has 0 heterocycles. The first-order valence-electron chi connectivity index (χ1n) is 21.7. The lowest BCUT2D eigenvalue weighted by atomic mass is 9.85. The number of hydrogen-bond donors (Lipinski definition) is 6. The van der Waals surface area contributed by atoms with Crippen molar-refractivity contribution in [2.24, 2.45) is 0 Å². The van der Waals surface area contributed by atoms with Gasteiger partial charge in [0.25, 0.3) is 0 Å². The van der Waals surface area contributed by atoms with E-state index in [0.29, 0.717) is 13.0 Å². The highest BCUT2D eigenvalue weighted by Crippen LogP contribution is 2.47. The smallest absolute Gasteiger partial charge is 0.457 e. The molecule has 0 radical (unpaired) electrons. The summed E-state index contributed by atoms with van der Waals surface area (Å²) < 4.78 is 34.1. The summed E-state index contributed by atoms with van der Waals surface area (Å²) in [7, 11) is -5.01. The van der Waals surface area contributed by atoms with Gasteiger partial charge in [-0.1, -0.05) is 134 Å². The number of hydrogen-bond acceptors (Lipinski definition) is 11. The minimum Gasteiger partial charge on any atom is -0.457 e. The molecule has 0 bridgehead atoms. The Kier molecular flexibility index (Phi) is 31.8. The minimum absolute atomic E-state index is 0.0823. The van der Waals surface area contributed by atoms with Crippen LogP contribution in [-0.4, -0.2) is 98.9 Å². The zero-order valence-electron chi connectivity index (χ0n) is 34.2. The molecule has 55 heavy (non-hydrogen) atoms. The van der Waals surface area contributed by atoms with Crippen molar-refractivity contribution in [2.45, 2.75) is 217 Å². The van der Waals surface area contributed by atoms with Gasteiger partial charge < -0.3 is 39.9 Å². The van der Waals surface area contributed by atoms with Crippen LogP contribution in [0.25, 0.3) is 0 Å². The predicted molar refractivity (Wildman–Crippen MR) is 216 cm³/mol. The average molecular weight is 807 g/mol. The van der Waals surface area contributed by atoms with Crippen LogP contribution in [0.5, 0.6) is 0 Å². The van der Waals surface area contributed by atoms with Crippen LogP contribution in [0.15, 0.2) is 24.3 Å². The predicted octanol–water partition coefficient (Wildman–Crippen LogP) is 8.14. The van der Waals surface area contributed by atoms with Crippen molar-refractivity contribution in [1.29, 1.82) is 0 Å². The SMILES string of the molecule is CCCC/C=C\CCCCCCCC(=O)OC(COCCCCCCCC/C=C\CCCCCCCCC)COP(=O)(O)OC1C(O)C(O)C(O)C(O)C1O. The number of phosphoric ester groups is 1. The van der Waals surface area contributed by atoms with E-state index in [1.54, 1.807) is 0 Å². The number of carbonyl (C=O) groups excluding carboxylic acids is 1. The van der Waals surface area contributed by atoms with E-state index in [-0.39, 0.29) is 13.0 Å². The van der Waals surface area contributed by atoms with Crippen LogP contribution in [0.2, 0.25) is 0 Å². The fourth-order valence-electron chi connectivity index (χ4n) is 6.51. The van der Waals surface area contributed by atoms with Gasteiger partial charge in [0, 0.05) is 13.0 Å². The van der Waals surface area contributed by atoms with Gasteiger partial charge in [0.05, 0.1) is 13.2 Å². The lowest BCUT2D eigenvalue weighted by Crippen LogP contribution is -2.64. The summed E-state index contributed by atoms with van der Waals surface area (Å²) in [4.78, 5) is 23.0. The van der Waals surface area contributed by atoms with Crippen LogP contribution < -0.4 is 0 Å². The summed E-state index contributed by atoms with van der Waals surface area (Å²) in [6.07, 6.45) is 24.0. The third-order valence-corrected chi connectivity index (χ3v) is 11.0. The second kappa shape index (κ2) is 33.8. The van der Waals surface area contributed by atoms with Crippen molar-refractivity contribution in [2.75, 3.05) is 19.8 Å². The normalized spacial score (nSPS) is 23.4. The average Bonchev–Trinajstić information content (AvgIpc) is 3.17. The molecule has 1 fully saturated rings. The van der Waals surface area contributed by atoms with E-state index in [1.807, 2.05) is 0 Å². The van der Waals surface area contributed by atoms with Crippen LogP contribution in [-0.2, 0) is 27.9 Å². The van der Waals surface area contributed by atoms with E-state index in [9.17, 15) is 39.8 Å². The van der Waals surface area contributed by atoms with Gasteiger partial charge in [-0.2, -0.15) is 0 Å². The maximum Gasteiger partial charge on any atom is 0.472 e. The Morgan fingerprint density at radius 2 is 0.982 bits per heavy atom. The van der Waals surface area contributed by atoms with E-state index in [1.165, 1.54) is 77.0 Å². The molecule has 0 amide bonds. The van der Waals surface area contributed by atoms with Crippen LogP contribution >= 0.6 is 7.82 Å². The molecule has 0 spiro atoms. The highest BCUT2D eigenvalue weighted by molar-refractivity contribution is 7.47. The fourth-order valence-corrected chi connectivity index (χ4v) is 7.48. The first kappa shape index (κ1) is 51.8. The van der Waals surface area contributed by atoms with E-state index < -0.39 is 63.1 Å². The second-order valence-corrected chi connectivity index (χ2v) is 16.6. The first-order valence-corrected chi connectivity index (χ1v) is 23.2. The minimum atomic E-state index is -5.01. The van der Waals surface area contributed by atoms with Crippen molar-refractivity contribution in [3.05, 3.63) is 24.3 Å². The molecule has 0 aliphatic heterocycles. The number of ether oxygens (including phenoxy) is 2. The summed E-state index contributed by atoms with van der Waals surface area (Å²) in [5.74, 6) is -0.490. The Labute approximate surface area is 332 Å². The van der Waals surface area contributed by atoms with Crippen LogP contribution in [0.3, 0.4) is 0 Å². The molecule has 1 aliphatic rings. The fraction of sp³-hybridized carbons (Fsp3) is 0.881. The molecule has 1 aliphatic carbocycles. The molecular formula is C42H79O12P. The Morgan fingerprint density at radius 1 is 0.564 bits per heavy atom. The van der Waals surface area contributed by atoms with Crippen LogP contribution in [0.4, 0.5) is 0 Å². The first-order chi connectivity index (χ1) is 26.5. The van der Waals surface area contributed by atoms with Gasteiger partial charge >= 0.3 is 13.8 Å². The molecule has 1 rings (SSSR count). The highest BCUT2D eigenvalue weighted by atomic mass is 31.2. The van der Waals surface area contributed by atoms with E-state index in [2.05, 4.69) is 38.2 Å². The molecule has 12 nitrogen and oxygen atoms in total. The Bertz CT molecular complexity index is 1010.